The van der Waals surface area contributed by atoms with Crippen molar-refractivity contribution >= 4 is 27.5 Å². The second-order valence-electron chi connectivity index (χ2n) is 4.96. The third-order valence-electron chi connectivity index (χ3n) is 3.57. The monoisotopic (exact) mass is 351 g/mol. The van der Waals surface area contributed by atoms with Gasteiger partial charge in [-0.15, -0.1) is 0 Å². The van der Waals surface area contributed by atoms with E-state index in [9.17, 15) is 13.6 Å². The molecule has 2 nitrogen and oxygen atoms in total. The van der Waals surface area contributed by atoms with E-state index in [1.807, 2.05) is 0 Å². The van der Waals surface area contributed by atoms with Gasteiger partial charge in [0.15, 0.2) is 0 Å². The molecule has 0 bridgehead atoms. The second kappa shape index (κ2) is 5.56. The highest BCUT2D eigenvalue weighted by molar-refractivity contribution is 9.09. The molecule has 0 aromatic heterocycles. The van der Waals surface area contributed by atoms with Gasteiger partial charge >= 0.3 is 0 Å². The minimum Gasteiger partial charge on any atom is -0.326 e. The fourth-order valence-electron chi connectivity index (χ4n) is 2.46. The summed E-state index contributed by atoms with van der Waals surface area (Å²) >= 11 is 3.37. The van der Waals surface area contributed by atoms with E-state index in [1.165, 1.54) is 12.1 Å². The van der Waals surface area contributed by atoms with E-state index in [2.05, 4.69) is 21.2 Å². The number of hydrogen-bond acceptors (Lipinski definition) is 1. The summed E-state index contributed by atoms with van der Waals surface area (Å²) in [7, 11) is 0. The predicted molar refractivity (Wildman–Crippen MR) is 80.5 cm³/mol. The van der Waals surface area contributed by atoms with Gasteiger partial charge in [-0.25, -0.2) is 8.78 Å². The lowest BCUT2D eigenvalue weighted by Gasteiger charge is -2.20. The smallest absolute Gasteiger partial charge is 0.224 e. The van der Waals surface area contributed by atoms with Crippen molar-refractivity contribution in [3.05, 3.63) is 64.7 Å². The molecule has 1 N–H and O–H groups in total. The first-order valence-corrected chi connectivity index (χ1v) is 7.48. The number of halogens is 3. The summed E-state index contributed by atoms with van der Waals surface area (Å²) in [6.07, 6.45) is 0.941. The molecule has 0 saturated carbocycles. The van der Waals surface area contributed by atoms with Crippen LogP contribution in [0, 0.1) is 11.6 Å². The molecule has 1 heterocycles. The van der Waals surface area contributed by atoms with Gasteiger partial charge in [-0.3, -0.25) is 4.79 Å². The Balaban J connectivity index is 2.03. The number of hydrogen-bond donors (Lipinski definition) is 1. The highest BCUT2D eigenvalue weighted by Crippen LogP contribution is 2.37. The minimum atomic E-state index is -0.568. The Kier molecular flexibility index (Phi) is 3.76. The molecule has 1 atom stereocenters. The first-order chi connectivity index (χ1) is 10.1. The molecule has 0 spiro atoms. The molecule has 2 aromatic rings. The third kappa shape index (κ3) is 2.70. The van der Waals surface area contributed by atoms with Crippen LogP contribution in [0.25, 0.3) is 0 Å². The zero-order valence-corrected chi connectivity index (χ0v) is 12.6. The molecule has 3 rings (SSSR count). The van der Waals surface area contributed by atoms with E-state index in [4.69, 9.17) is 0 Å². The van der Waals surface area contributed by atoms with E-state index in [-0.39, 0.29) is 11.7 Å². The maximum Gasteiger partial charge on any atom is 0.224 e. The first kappa shape index (κ1) is 14.2. The van der Waals surface area contributed by atoms with E-state index in [0.717, 1.165) is 5.56 Å². The molecule has 0 saturated heterocycles. The zero-order valence-electron chi connectivity index (χ0n) is 11.0. The van der Waals surface area contributed by atoms with Crippen molar-refractivity contribution in [2.45, 2.75) is 17.7 Å². The van der Waals surface area contributed by atoms with E-state index in [1.54, 1.807) is 24.3 Å². The number of anilines is 1. The van der Waals surface area contributed by atoms with Crippen molar-refractivity contribution in [1.82, 2.24) is 0 Å². The number of rotatable bonds is 2. The number of aryl methyl sites for hydroxylation is 1. The molecule has 1 aliphatic heterocycles. The molecule has 0 radical (unpaired) electrons. The fourth-order valence-corrected chi connectivity index (χ4v) is 3.19. The van der Waals surface area contributed by atoms with Gasteiger partial charge in [0.1, 0.15) is 11.6 Å². The average Bonchev–Trinajstić information content (AvgIpc) is 2.46. The Hall–Kier alpha value is -1.75. The van der Waals surface area contributed by atoms with Crippen molar-refractivity contribution < 1.29 is 13.6 Å². The summed E-state index contributed by atoms with van der Waals surface area (Å²) in [5.41, 5.74) is 2.12. The minimum absolute atomic E-state index is 0.112. The molecular weight excluding hydrogens is 340 g/mol. The molecule has 1 amide bonds. The Morgan fingerprint density at radius 1 is 1.05 bits per heavy atom. The van der Waals surface area contributed by atoms with Gasteiger partial charge in [0.05, 0.1) is 4.83 Å². The second-order valence-corrected chi connectivity index (χ2v) is 5.88. The highest BCUT2D eigenvalue weighted by atomic mass is 79.9. The van der Waals surface area contributed by atoms with Gasteiger partial charge in [-0.1, -0.05) is 34.1 Å². The molecule has 1 aliphatic rings. The van der Waals surface area contributed by atoms with Crippen LogP contribution in [0.3, 0.4) is 0 Å². The van der Waals surface area contributed by atoms with Crippen LogP contribution >= 0.6 is 15.9 Å². The van der Waals surface area contributed by atoms with E-state index in [0.29, 0.717) is 29.7 Å². The van der Waals surface area contributed by atoms with Crippen LogP contribution in [0.4, 0.5) is 14.5 Å². The third-order valence-corrected chi connectivity index (χ3v) is 4.56. The van der Waals surface area contributed by atoms with Gasteiger partial charge in [-0.2, -0.15) is 0 Å². The van der Waals surface area contributed by atoms with E-state index < -0.39 is 10.6 Å². The molecule has 1 unspecified atom stereocenters. The lowest BCUT2D eigenvalue weighted by molar-refractivity contribution is -0.116. The average molecular weight is 352 g/mol. The van der Waals surface area contributed by atoms with Gasteiger partial charge < -0.3 is 5.32 Å². The quantitative estimate of drug-likeness (QED) is 0.801. The van der Waals surface area contributed by atoms with Crippen molar-refractivity contribution in [3.63, 3.8) is 0 Å². The Morgan fingerprint density at radius 3 is 2.57 bits per heavy atom. The van der Waals surface area contributed by atoms with Crippen LogP contribution < -0.4 is 5.32 Å². The Morgan fingerprint density at radius 2 is 1.81 bits per heavy atom. The summed E-state index contributed by atoms with van der Waals surface area (Å²) in [4.78, 5) is 10.8. The summed E-state index contributed by atoms with van der Waals surface area (Å²) in [6.45, 7) is 0. The highest BCUT2D eigenvalue weighted by Gasteiger charge is 2.22. The number of nitrogens with one attached hydrogen (secondary N) is 1. The molecule has 108 valence electrons. The summed E-state index contributed by atoms with van der Waals surface area (Å²) in [5, 5.41) is 2.65. The number of carbonyl (C=O) groups is 1. The fraction of sp³-hybridized carbons (Fsp3) is 0.188. The molecule has 21 heavy (non-hydrogen) atoms. The lowest BCUT2D eigenvalue weighted by atomic mass is 9.96. The SMILES string of the molecule is O=C1CCc2cc(C(Br)c3ccccc3F)c(F)cc2N1. The van der Waals surface area contributed by atoms with Gasteiger partial charge in [-0.05, 0) is 30.2 Å². The maximum atomic E-state index is 14.3. The topological polar surface area (TPSA) is 29.1 Å². The number of benzene rings is 2. The molecule has 2 aromatic carbocycles. The molecule has 0 aliphatic carbocycles. The van der Waals surface area contributed by atoms with Crippen LogP contribution in [-0.2, 0) is 11.2 Å². The number of fused-ring (bicyclic) bond motifs is 1. The van der Waals surface area contributed by atoms with Crippen LogP contribution in [0.1, 0.15) is 27.9 Å². The Bertz CT molecular complexity index is 717. The summed E-state index contributed by atoms with van der Waals surface area (Å²) in [5.74, 6) is -0.968. The zero-order chi connectivity index (χ0) is 15.0. The standard InChI is InChI=1S/C16H12BrF2NO/c17-16(10-3-1-2-4-12(10)18)11-7-9-5-6-15(21)20-14(9)8-13(11)19/h1-4,7-8,16H,5-6H2,(H,20,21). The Labute approximate surface area is 129 Å². The summed E-state index contributed by atoms with van der Waals surface area (Å²) < 4.78 is 28.1. The van der Waals surface area contributed by atoms with E-state index >= 15 is 0 Å². The maximum absolute atomic E-state index is 14.3. The van der Waals surface area contributed by atoms with Crippen LogP contribution in [-0.4, -0.2) is 5.91 Å². The largest absolute Gasteiger partial charge is 0.326 e. The number of amides is 1. The predicted octanol–water partition coefficient (Wildman–Crippen LogP) is 4.33. The molecular formula is C16H12BrF2NO. The number of alkyl halides is 1. The summed E-state index contributed by atoms with van der Waals surface area (Å²) in [6, 6.07) is 9.27. The first-order valence-electron chi connectivity index (χ1n) is 6.57. The van der Waals surface area contributed by atoms with Crippen molar-refractivity contribution in [3.8, 4) is 0 Å². The van der Waals surface area contributed by atoms with Crippen LogP contribution in [0.5, 0.6) is 0 Å². The van der Waals surface area contributed by atoms with Gasteiger partial charge in [0.25, 0.3) is 0 Å². The van der Waals surface area contributed by atoms with Crippen LogP contribution in [0.2, 0.25) is 0 Å². The normalized spacial score (nSPS) is 15.3. The van der Waals surface area contributed by atoms with Crippen molar-refractivity contribution in [2.24, 2.45) is 0 Å². The van der Waals surface area contributed by atoms with Gasteiger partial charge in [0, 0.05) is 23.2 Å². The van der Waals surface area contributed by atoms with Crippen molar-refractivity contribution in [2.75, 3.05) is 5.32 Å². The lowest BCUT2D eigenvalue weighted by Crippen LogP contribution is -2.19. The van der Waals surface area contributed by atoms with Crippen LogP contribution in [0.15, 0.2) is 36.4 Å². The van der Waals surface area contributed by atoms with Gasteiger partial charge in [0.2, 0.25) is 5.91 Å². The number of carbonyl (C=O) groups excluding carboxylic acids is 1. The van der Waals surface area contributed by atoms with Crippen molar-refractivity contribution in [1.29, 1.82) is 0 Å². The molecule has 0 fully saturated rings. The molecule has 5 heteroatoms.